The van der Waals surface area contributed by atoms with Crippen molar-refractivity contribution < 1.29 is 9.53 Å². The second-order valence-corrected chi connectivity index (χ2v) is 8.98. The van der Waals surface area contributed by atoms with E-state index in [2.05, 4.69) is 0 Å². The van der Waals surface area contributed by atoms with E-state index >= 15 is 0 Å². The molecule has 0 aliphatic heterocycles. The second kappa shape index (κ2) is 9.32. The molecule has 1 atom stereocenters. The highest BCUT2D eigenvalue weighted by Gasteiger charge is 2.32. The fourth-order valence-electron chi connectivity index (χ4n) is 4.35. The van der Waals surface area contributed by atoms with Crippen LogP contribution in [0.15, 0.2) is 48.5 Å². The highest BCUT2D eigenvalue weighted by Crippen LogP contribution is 2.38. The number of carbonyl (C=O) groups excluding carboxylic acids is 1. The van der Waals surface area contributed by atoms with Gasteiger partial charge < -0.3 is 4.74 Å². The van der Waals surface area contributed by atoms with Crippen LogP contribution in [0.1, 0.15) is 68.2 Å². The summed E-state index contributed by atoms with van der Waals surface area (Å²) in [5.74, 6) is 1.05. The maximum absolute atomic E-state index is 13.2. The van der Waals surface area contributed by atoms with Gasteiger partial charge in [0.15, 0.2) is 0 Å². The molecule has 1 heterocycles. The molecule has 0 radical (unpaired) electrons. The number of benzene rings is 2. The fraction of sp³-hybridized carbons (Fsp3) is 0.440. The molecule has 1 aliphatic carbocycles. The van der Waals surface area contributed by atoms with Crippen LogP contribution in [0.25, 0.3) is 11.0 Å². The number of imidazole rings is 1. The number of ether oxygens (including phenoxy) is 1. The number of rotatable bonds is 6. The molecule has 0 spiro atoms. The first kappa shape index (κ1) is 21.1. The van der Waals surface area contributed by atoms with Gasteiger partial charge in [0.2, 0.25) is 5.91 Å². The average molecular weight is 425 g/mol. The standard InChI is InChI=1S/C25H29ClN2O2/c1-17(2)25(29)28-22-11-7-6-10-21(22)27-24(28)23(19-8-4-3-5-9-19)30-16-18-12-14-20(26)15-13-18/h6-7,10-15,17,19,23H,3-5,8-9,16H2,1-2H3/t23-/m1/s1. The summed E-state index contributed by atoms with van der Waals surface area (Å²) in [6.07, 6.45) is 5.65. The van der Waals surface area contributed by atoms with Crippen molar-refractivity contribution in [3.05, 3.63) is 64.9 Å². The molecule has 3 aromatic rings. The lowest BCUT2D eigenvalue weighted by Gasteiger charge is -2.30. The largest absolute Gasteiger partial charge is 0.365 e. The van der Waals surface area contributed by atoms with Crippen LogP contribution in [0, 0.1) is 11.8 Å². The van der Waals surface area contributed by atoms with Crippen molar-refractivity contribution in [2.24, 2.45) is 11.8 Å². The molecular weight excluding hydrogens is 396 g/mol. The zero-order valence-electron chi connectivity index (χ0n) is 17.7. The molecule has 1 aromatic heterocycles. The van der Waals surface area contributed by atoms with E-state index in [1.165, 1.54) is 19.3 Å². The van der Waals surface area contributed by atoms with Crippen LogP contribution in [-0.2, 0) is 11.3 Å². The number of carbonyl (C=O) groups is 1. The van der Waals surface area contributed by atoms with E-state index < -0.39 is 0 Å². The molecular formula is C25H29ClN2O2. The maximum Gasteiger partial charge on any atom is 0.235 e. The lowest BCUT2D eigenvalue weighted by Crippen LogP contribution is -2.27. The van der Waals surface area contributed by atoms with Gasteiger partial charge in [-0.3, -0.25) is 9.36 Å². The molecule has 1 fully saturated rings. The Kier molecular flexibility index (Phi) is 6.55. The predicted octanol–water partition coefficient (Wildman–Crippen LogP) is 6.82. The molecule has 4 rings (SSSR count). The van der Waals surface area contributed by atoms with Gasteiger partial charge in [-0.05, 0) is 48.6 Å². The first-order valence-corrected chi connectivity index (χ1v) is 11.3. The summed E-state index contributed by atoms with van der Waals surface area (Å²) in [6.45, 7) is 4.34. The highest BCUT2D eigenvalue weighted by molar-refractivity contribution is 6.30. The SMILES string of the molecule is CC(C)C(=O)n1c([C@H](OCc2ccc(Cl)cc2)C2CCCCC2)nc2ccccc21. The summed E-state index contributed by atoms with van der Waals surface area (Å²) < 4.78 is 8.32. The quantitative estimate of drug-likeness (QED) is 0.435. The minimum absolute atomic E-state index is 0.0644. The van der Waals surface area contributed by atoms with Gasteiger partial charge >= 0.3 is 0 Å². The third kappa shape index (κ3) is 4.45. The van der Waals surface area contributed by atoms with Crippen LogP contribution in [0.3, 0.4) is 0 Å². The second-order valence-electron chi connectivity index (χ2n) is 8.54. The molecule has 0 bridgehead atoms. The molecule has 2 aromatic carbocycles. The van der Waals surface area contributed by atoms with E-state index in [4.69, 9.17) is 21.3 Å². The lowest BCUT2D eigenvalue weighted by atomic mass is 9.84. The molecule has 5 heteroatoms. The van der Waals surface area contributed by atoms with Crippen molar-refractivity contribution in [1.82, 2.24) is 9.55 Å². The molecule has 0 saturated heterocycles. The number of fused-ring (bicyclic) bond motifs is 1. The summed E-state index contributed by atoms with van der Waals surface area (Å²) in [4.78, 5) is 18.1. The Morgan fingerprint density at radius 2 is 1.80 bits per heavy atom. The number of hydrogen-bond donors (Lipinski definition) is 0. The van der Waals surface area contributed by atoms with E-state index in [0.29, 0.717) is 17.5 Å². The van der Waals surface area contributed by atoms with Gasteiger partial charge in [-0.2, -0.15) is 0 Å². The van der Waals surface area contributed by atoms with Gasteiger partial charge in [-0.1, -0.05) is 69.0 Å². The first-order valence-electron chi connectivity index (χ1n) is 10.9. The monoisotopic (exact) mass is 424 g/mol. The van der Waals surface area contributed by atoms with Crippen molar-refractivity contribution >= 4 is 28.5 Å². The van der Waals surface area contributed by atoms with Gasteiger partial charge in [0.25, 0.3) is 0 Å². The van der Waals surface area contributed by atoms with Crippen molar-refractivity contribution in [2.45, 2.75) is 58.7 Å². The number of hydrogen-bond acceptors (Lipinski definition) is 3. The molecule has 0 unspecified atom stereocenters. The Hall–Kier alpha value is -2.17. The molecule has 1 saturated carbocycles. The molecule has 158 valence electrons. The van der Waals surface area contributed by atoms with Crippen LogP contribution >= 0.6 is 11.6 Å². The van der Waals surface area contributed by atoms with Crippen LogP contribution in [-0.4, -0.2) is 15.5 Å². The lowest BCUT2D eigenvalue weighted by molar-refractivity contribution is -0.0192. The molecule has 0 amide bonds. The summed E-state index contributed by atoms with van der Waals surface area (Å²) >= 11 is 6.03. The van der Waals surface area contributed by atoms with Crippen molar-refractivity contribution in [3.63, 3.8) is 0 Å². The maximum atomic E-state index is 13.2. The summed E-state index contributed by atoms with van der Waals surface area (Å²) in [5, 5.41) is 0.715. The van der Waals surface area contributed by atoms with Gasteiger partial charge in [0, 0.05) is 10.9 Å². The molecule has 0 N–H and O–H groups in total. The van der Waals surface area contributed by atoms with E-state index in [9.17, 15) is 4.79 Å². The third-order valence-corrected chi connectivity index (χ3v) is 6.23. The predicted molar refractivity (Wildman–Crippen MR) is 121 cm³/mol. The first-order chi connectivity index (χ1) is 14.5. The average Bonchev–Trinajstić information content (AvgIpc) is 3.14. The Labute approximate surface area is 183 Å². The van der Waals surface area contributed by atoms with E-state index in [0.717, 1.165) is 35.3 Å². The summed E-state index contributed by atoms with van der Waals surface area (Å²) in [7, 11) is 0. The van der Waals surface area contributed by atoms with E-state index in [1.807, 2.05) is 62.4 Å². The normalized spacial score (nSPS) is 16.3. The Balaban J connectivity index is 1.74. The zero-order chi connectivity index (χ0) is 21.1. The minimum atomic E-state index is -0.212. The summed E-state index contributed by atoms with van der Waals surface area (Å²) in [6, 6.07) is 15.6. The van der Waals surface area contributed by atoms with E-state index in [1.54, 1.807) is 4.57 Å². The number of halogens is 1. The third-order valence-electron chi connectivity index (χ3n) is 5.98. The van der Waals surface area contributed by atoms with Crippen LogP contribution in [0.5, 0.6) is 0 Å². The smallest absolute Gasteiger partial charge is 0.235 e. The Bertz CT molecular complexity index is 1000. The Morgan fingerprint density at radius 1 is 1.10 bits per heavy atom. The molecule has 4 nitrogen and oxygen atoms in total. The zero-order valence-corrected chi connectivity index (χ0v) is 18.4. The van der Waals surface area contributed by atoms with Crippen molar-refractivity contribution in [1.29, 1.82) is 0 Å². The topological polar surface area (TPSA) is 44.1 Å². The number of para-hydroxylation sites is 2. The number of aromatic nitrogens is 2. The number of nitrogens with zero attached hydrogens (tertiary/aromatic N) is 2. The van der Waals surface area contributed by atoms with Crippen molar-refractivity contribution in [2.75, 3.05) is 0 Å². The van der Waals surface area contributed by atoms with Crippen molar-refractivity contribution in [3.8, 4) is 0 Å². The van der Waals surface area contributed by atoms with Gasteiger partial charge in [-0.25, -0.2) is 4.98 Å². The Morgan fingerprint density at radius 3 is 2.50 bits per heavy atom. The minimum Gasteiger partial charge on any atom is -0.365 e. The van der Waals surface area contributed by atoms with Crippen LogP contribution < -0.4 is 0 Å². The highest BCUT2D eigenvalue weighted by atomic mass is 35.5. The van der Waals surface area contributed by atoms with Gasteiger partial charge in [0.05, 0.1) is 17.6 Å². The molecule has 1 aliphatic rings. The van der Waals surface area contributed by atoms with E-state index in [-0.39, 0.29) is 17.9 Å². The fourth-order valence-corrected chi connectivity index (χ4v) is 4.48. The van der Waals surface area contributed by atoms with Crippen LogP contribution in [0.4, 0.5) is 0 Å². The summed E-state index contributed by atoms with van der Waals surface area (Å²) in [5.41, 5.74) is 2.78. The van der Waals surface area contributed by atoms with Crippen LogP contribution in [0.2, 0.25) is 5.02 Å². The van der Waals surface area contributed by atoms with Gasteiger partial charge in [0.1, 0.15) is 11.9 Å². The van der Waals surface area contributed by atoms with Gasteiger partial charge in [-0.15, -0.1) is 0 Å². The molecule has 30 heavy (non-hydrogen) atoms.